The molecule has 0 aliphatic carbocycles. The van der Waals surface area contributed by atoms with Gasteiger partial charge in [0.05, 0.1) is 24.1 Å². The molecule has 8 heteroatoms. The summed E-state index contributed by atoms with van der Waals surface area (Å²) in [7, 11) is 4.19. The predicted octanol–water partition coefficient (Wildman–Crippen LogP) is 2.54. The van der Waals surface area contributed by atoms with Gasteiger partial charge in [-0.25, -0.2) is 9.97 Å². The van der Waals surface area contributed by atoms with E-state index in [1.54, 1.807) is 11.3 Å². The van der Waals surface area contributed by atoms with Crippen molar-refractivity contribution in [3.63, 3.8) is 0 Å². The molecular formula is C19H28N6OS. The summed E-state index contributed by atoms with van der Waals surface area (Å²) in [5.74, 6) is 1.70. The van der Waals surface area contributed by atoms with E-state index < -0.39 is 0 Å². The van der Waals surface area contributed by atoms with E-state index in [9.17, 15) is 0 Å². The van der Waals surface area contributed by atoms with Crippen LogP contribution in [0.15, 0.2) is 0 Å². The monoisotopic (exact) mass is 388 g/mol. The normalized spacial score (nSPS) is 16.5. The maximum absolute atomic E-state index is 5.99. The number of hydrogen-bond acceptors (Lipinski definition) is 7. The largest absolute Gasteiger partial charge is 0.370 e. The predicted molar refractivity (Wildman–Crippen MR) is 108 cm³/mol. The fourth-order valence-electron chi connectivity index (χ4n) is 3.58. The minimum absolute atomic E-state index is 0.153. The lowest BCUT2D eigenvalue weighted by Crippen LogP contribution is -2.31. The van der Waals surface area contributed by atoms with Crippen LogP contribution >= 0.6 is 11.3 Å². The Bertz CT molecular complexity index is 974. The molecule has 4 rings (SSSR count). The molecule has 0 aromatic carbocycles. The summed E-state index contributed by atoms with van der Waals surface area (Å²) in [6.45, 7) is 9.65. The zero-order chi connectivity index (χ0) is 19.2. The van der Waals surface area contributed by atoms with E-state index in [1.165, 1.54) is 10.4 Å². The molecule has 1 N–H and O–H groups in total. The maximum Gasteiger partial charge on any atom is 0.168 e. The number of aryl methyl sites for hydroxylation is 1. The van der Waals surface area contributed by atoms with E-state index in [0.29, 0.717) is 13.2 Å². The third-order valence-electron chi connectivity index (χ3n) is 4.96. The third-order valence-corrected chi connectivity index (χ3v) is 6.05. The van der Waals surface area contributed by atoms with Gasteiger partial charge in [0.15, 0.2) is 11.5 Å². The number of nitrogens with zero attached hydrogens (tertiary/aromatic N) is 5. The molecule has 3 aromatic heterocycles. The van der Waals surface area contributed by atoms with Gasteiger partial charge < -0.3 is 15.0 Å². The second kappa shape index (κ2) is 7.09. The van der Waals surface area contributed by atoms with Gasteiger partial charge in [-0.05, 0) is 59.9 Å². The van der Waals surface area contributed by atoms with Gasteiger partial charge in [0, 0.05) is 11.3 Å². The Labute approximate surface area is 163 Å². The van der Waals surface area contributed by atoms with Gasteiger partial charge in [0.1, 0.15) is 10.7 Å². The number of fused-ring (bicyclic) bond motifs is 5. The molecule has 0 saturated heterocycles. The Kier molecular flexibility index (Phi) is 4.92. The van der Waals surface area contributed by atoms with Gasteiger partial charge in [-0.1, -0.05) is 0 Å². The van der Waals surface area contributed by atoms with Crippen molar-refractivity contribution < 1.29 is 4.74 Å². The number of hydrogen-bond donors (Lipinski definition) is 1. The topological polar surface area (TPSA) is 67.6 Å². The number of nitrogens with one attached hydrogen (secondary N) is 1. The second-order valence-electron chi connectivity index (χ2n) is 8.17. The van der Waals surface area contributed by atoms with Gasteiger partial charge in [-0.3, -0.25) is 0 Å². The molecule has 0 fully saturated rings. The Hall–Kier alpha value is -1.61. The molecule has 146 valence electrons. The van der Waals surface area contributed by atoms with E-state index in [0.717, 1.165) is 53.4 Å². The van der Waals surface area contributed by atoms with Crippen molar-refractivity contribution in [2.45, 2.75) is 52.4 Å². The molecule has 1 aliphatic rings. The number of rotatable bonds is 6. The quantitative estimate of drug-likeness (QED) is 0.655. The van der Waals surface area contributed by atoms with Gasteiger partial charge in [-0.2, -0.15) is 4.52 Å². The van der Waals surface area contributed by atoms with Crippen LogP contribution < -0.4 is 5.32 Å². The Morgan fingerprint density at radius 2 is 2.11 bits per heavy atom. The molecule has 27 heavy (non-hydrogen) atoms. The summed E-state index contributed by atoms with van der Waals surface area (Å²) in [6, 6.07) is 0. The van der Waals surface area contributed by atoms with Crippen molar-refractivity contribution in [2.24, 2.45) is 0 Å². The van der Waals surface area contributed by atoms with Crippen molar-refractivity contribution in [1.29, 1.82) is 0 Å². The summed E-state index contributed by atoms with van der Waals surface area (Å²) in [5.41, 5.74) is 2.11. The smallest absolute Gasteiger partial charge is 0.168 e. The molecule has 7 nitrogen and oxygen atoms in total. The van der Waals surface area contributed by atoms with Crippen LogP contribution in [0.3, 0.4) is 0 Å². The van der Waals surface area contributed by atoms with Crippen LogP contribution in [-0.4, -0.2) is 57.3 Å². The zero-order valence-corrected chi connectivity index (χ0v) is 17.6. The highest BCUT2D eigenvalue weighted by Crippen LogP contribution is 2.39. The number of aromatic nitrogens is 4. The Morgan fingerprint density at radius 1 is 1.30 bits per heavy atom. The van der Waals surface area contributed by atoms with Crippen molar-refractivity contribution in [3.05, 3.63) is 22.1 Å². The second-order valence-corrected chi connectivity index (χ2v) is 9.25. The van der Waals surface area contributed by atoms with Crippen LogP contribution in [-0.2, 0) is 24.3 Å². The van der Waals surface area contributed by atoms with E-state index in [2.05, 4.69) is 38.2 Å². The van der Waals surface area contributed by atoms with E-state index >= 15 is 0 Å². The van der Waals surface area contributed by atoms with Gasteiger partial charge in [0.2, 0.25) is 0 Å². The van der Waals surface area contributed by atoms with E-state index in [4.69, 9.17) is 19.8 Å². The van der Waals surface area contributed by atoms with Gasteiger partial charge in [0.25, 0.3) is 0 Å². The summed E-state index contributed by atoms with van der Waals surface area (Å²) < 4.78 is 7.89. The molecule has 3 aromatic rings. The average molecular weight is 389 g/mol. The van der Waals surface area contributed by atoms with Crippen molar-refractivity contribution >= 4 is 27.2 Å². The zero-order valence-electron chi connectivity index (χ0n) is 16.8. The molecule has 0 radical (unpaired) electrons. The third kappa shape index (κ3) is 3.71. The summed E-state index contributed by atoms with van der Waals surface area (Å²) >= 11 is 1.73. The standard InChI is InChI=1S/C19H28N6OS/c1-12-21-18-16(13-9-19(2,3)26-11-14(13)27-18)17-22-15(23-25(12)17)10-20-7-6-8-24(4)5/h20H,6-11H2,1-5H3. The Balaban J connectivity index is 1.65. The first kappa shape index (κ1) is 18.7. The van der Waals surface area contributed by atoms with Crippen LogP contribution in [0.1, 0.15) is 42.4 Å². The van der Waals surface area contributed by atoms with Crippen LogP contribution in [0.4, 0.5) is 0 Å². The summed E-state index contributed by atoms with van der Waals surface area (Å²) in [5, 5.41) is 9.31. The van der Waals surface area contributed by atoms with Crippen molar-refractivity contribution in [2.75, 3.05) is 27.2 Å². The number of thiophene rings is 1. The molecule has 0 amide bonds. The lowest BCUT2D eigenvalue weighted by molar-refractivity contribution is -0.0379. The fraction of sp³-hybridized carbons (Fsp3) is 0.632. The van der Waals surface area contributed by atoms with Crippen LogP contribution in [0.5, 0.6) is 0 Å². The molecule has 4 heterocycles. The minimum atomic E-state index is -0.153. The van der Waals surface area contributed by atoms with E-state index in [-0.39, 0.29) is 5.60 Å². The lowest BCUT2D eigenvalue weighted by atomic mass is 9.94. The van der Waals surface area contributed by atoms with Crippen LogP contribution in [0, 0.1) is 6.92 Å². The first-order valence-corrected chi connectivity index (χ1v) is 10.3. The minimum Gasteiger partial charge on any atom is -0.370 e. The first-order valence-electron chi connectivity index (χ1n) is 9.50. The molecule has 0 atom stereocenters. The molecule has 0 spiro atoms. The maximum atomic E-state index is 5.99. The van der Waals surface area contributed by atoms with Crippen LogP contribution in [0.25, 0.3) is 15.9 Å². The molecule has 0 unspecified atom stereocenters. The molecular weight excluding hydrogens is 360 g/mol. The number of ether oxygens (including phenoxy) is 1. The average Bonchev–Trinajstić information content (AvgIpc) is 3.14. The van der Waals surface area contributed by atoms with Gasteiger partial charge in [-0.15, -0.1) is 16.4 Å². The summed E-state index contributed by atoms with van der Waals surface area (Å²) in [4.78, 5) is 14.2. The van der Waals surface area contributed by atoms with Crippen LogP contribution in [0.2, 0.25) is 0 Å². The van der Waals surface area contributed by atoms with Crippen molar-refractivity contribution in [3.8, 4) is 0 Å². The van der Waals surface area contributed by atoms with E-state index in [1.807, 2.05) is 11.4 Å². The summed E-state index contributed by atoms with van der Waals surface area (Å²) in [6.07, 6.45) is 1.99. The lowest BCUT2D eigenvalue weighted by Gasteiger charge is -2.30. The fourth-order valence-corrected chi connectivity index (χ4v) is 4.72. The van der Waals surface area contributed by atoms with Crippen molar-refractivity contribution in [1.82, 2.24) is 29.8 Å². The highest BCUT2D eigenvalue weighted by atomic mass is 32.1. The first-order chi connectivity index (χ1) is 12.8. The highest BCUT2D eigenvalue weighted by molar-refractivity contribution is 7.19. The Morgan fingerprint density at radius 3 is 2.89 bits per heavy atom. The molecule has 0 bridgehead atoms. The molecule has 0 saturated carbocycles. The molecule has 1 aliphatic heterocycles. The van der Waals surface area contributed by atoms with Gasteiger partial charge >= 0.3 is 0 Å². The highest BCUT2D eigenvalue weighted by Gasteiger charge is 2.31. The SMILES string of the molecule is Cc1nc2sc3c(c2c2nc(CNCCCN(C)C)nn12)CC(C)(C)OC3.